The van der Waals surface area contributed by atoms with Crippen LogP contribution in [0.2, 0.25) is 0 Å². The van der Waals surface area contributed by atoms with Crippen molar-refractivity contribution in [1.82, 2.24) is 14.9 Å². The van der Waals surface area contributed by atoms with Gasteiger partial charge < -0.3 is 4.90 Å². The highest BCUT2D eigenvalue weighted by Gasteiger charge is 2.28. The van der Waals surface area contributed by atoms with E-state index in [4.69, 9.17) is 4.98 Å². The Kier molecular flexibility index (Phi) is 5.41. The van der Waals surface area contributed by atoms with Gasteiger partial charge in [-0.05, 0) is 18.4 Å². The summed E-state index contributed by atoms with van der Waals surface area (Å²) in [4.78, 5) is 19.9. The van der Waals surface area contributed by atoms with E-state index < -0.39 is 0 Å². The van der Waals surface area contributed by atoms with Crippen LogP contribution in [0.15, 0.2) is 60.7 Å². The number of aromatic nitrogens is 1. The van der Waals surface area contributed by atoms with Crippen molar-refractivity contribution in [2.45, 2.75) is 18.8 Å². The lowest BCUT2D eigenvalue weighted by Gasteiger charge is -2.32. The molecule has 1 N–H and O–H groups in total. The molecular weight excluding hydrogens is 370 g/mol. The fraction of sp³-hybridized carbons (Fsp3) is 0.273. The minimum atomic E-state index is -0.340. The van der Waals surface area contributed by atoms with Crippen LogP contribution in [-0.2, 0) is 0 Å². The molecule has 0 bridgehead atoms. The van der Waals surface area contributed by atoms with Gasteiger partial charge in [-0.1, -0.05) is 60.7 Å². The van der Waals surface area contributed by atoms with Gasteiger partial charge in [-0.25, -0.2) is 14.8 Å². The monoisotopic (exact) mass is 393 g/mol. The molecule has 0 atom stereocenters. The number of urea groups is 1. The Labute approximate surface area is 168 Å². The lowest BCUT2D eigenvalue weighted by atomic mass is 9.97. The van der Waals surface area contributed by atoms with Gasteiger partial charge in [0.15, 0.2) is 0 Å². The fourth-order valence-electron chi connectivity index (χ4n) is 3.61. The largest absolute Gasteiger partial charge is 0.343 e. The van der Waals surface area contributed by atoms with E-state index in [0.29, 0.717) is 24.1 Å². The first-order valence-electron chi connectivity index (χ1n) is 9.46. The van der Waals surface area contributed by atoms with Crippen molar-refractivity contribution < 1.29 is 10.0 Å². The Hall–Kier alpha value is -2.70. The first-order chi connectivity index (χ1) is 13.6. The zero-order valence-corrected chi connectivity index (χ0v) is 16.6. The van der Waals surface area contributed by atoms with Crippen LogP contribution in [0.5, 0.6) is 0 Å². The van der Waals surface area contributed by atoms with E-state index in [1.54, 1.807) is 16.2 Å². The average Bonchev–Trinajstić information content (AvgIpc) is 3.20. The van der Waals surface area contributed by atoms with Gasteiger partial charge in [-0.15, -0.1) is 11.3 Å². The molecule has 28 heavy (non-hydrogen) atoms. The van der Waals surface area contributed by atoms with Crippen molar-refractivity contribution in [3.63, 3.8) is 0 Å². The van der Waals surface area contributed by atoms with E-state index in [-0.39, 0.29) is 6.03 Å². The van der Waals surface area contributed by atoms with E-state index >= 15 is 0 Å². The van der Waals surface area contributed by atoms with Gasteiger partial charge in [-0.3, -0.25) is 5.21 Å². The molecule has 1 aliphatic rings. The number of benzene rings is 2. The van der Waals surface area contributed by atoms with Crippen LogP contribution in [0.1, 0.15) is 23.8 Å². The first kappa shape index (κ1) is 18.7. The average molecular weight is 394 g/mol. The number of hydrogen-bond acceptors (Lipinski definition) is 4. The fourth-order valence-corrected chi connectivity index (χ4v) is 4.87. The molecule has 6 heteroatoms. The Morgan fingerprint density at radius 3 is 2.18 bits per heavy atom. The van der Waals surface area contributed by atoms with Gasteiger partial charge in [0.05, 0.1) is 15.6 Å². The normalized spacial score (nSPS) is 14.9. The van der Waals surface area contributed by atoms with Crippen molar-refractivity contribution in [3.05, 3.63) is 65.7 Å². The highest BCUT2D eigenvalue weighted by molar-refractivity contribution is 7.15. The third-order valence-corrected chi connectivity index (χ3v) is 6.39. The van der Waals surface area contributed by atoms with Crippen LogP contribution < -0.4 is 0 Å². The quantitative estimate of drug-likeness (QED) is 0.498. The first-order valence-corrected chi connectivity index (χ1v) is 10.3. The Morgan fingerprint density at radius 2 is 1.61 bits per heavy atom. The summed E-state index contributed by atoms with van der Waals surface area (Å²) in [7, 11) is 1.37. The summed E-state index contributed by atoms with van der Waals surface area (Å²) in [6, 6.07) is 20.3. The number of amides is 2. The summed E-state index contributed by atoms with van der Waals surface area (Å²) in [6.45, 7) is 1.27. The molecule has 144 valence electrons. The minimum Gasteiger partial charge on any atom is -0.323 e. The second-order valence-corrected chi connectivity index (χ2v) is 8.06. The molecule has 0 unspecified atom stereocenters. The zero-order valence-electron chi connectivity index (χ0n) is 15.8. The lowest BCUT2D eigenvalue weighted by molar-refractivity contribution is -0.0356. The highest BCUT2D eigenvalue weighted by atomic mass is 32.1. The van der Waals surface area contributed by atoms with Crippen LogP contribution in [0.4, 0.5) is 4.79 Å². The summed E-state index contributed by atoms with van der Waals surface area (Å²) in [5.41, 5.74) is 3.33. The number of nitrogens with zero attached hydrogens (tertiary/aromatic N) is 3. The molecule has 1 saturated heterocycles. The van der Waals surface area contributed by atoms with Crippen molar-refractivity contribution in [3.8, 4) is 21.7 Å². The third kappa shape index (κ3) is 3.79. The summed E-state index contributed by atoms with van der Waals surface area (Å²) < 4.78 is 0. The smallest absolute Gasteiger partial charge is 0.323 e. The predicted octanol–water partition coefficient (Wildman–Crippen LogP) is 5.10. The lowest BCUT2D eigenvalue weighted by Crippen LogP contribution is -2.43. The number of carbonyl (C=O) groups excluding carboxylic acids is 1. The van der Waals surface area contributed by atoms with Gasteiger partial charge >= 0.3 is 6.03 Å². The molecule has 2 heterocycles. The number of rotatable bonds is 3. The molecule has 0 radical (unpaired) electrons. The molecule has 5 nitrogen and oxygen atoms in total. The second-order valence-electron chi connectivity index (χ2n) is 7.03. The molecule has 4 rings (SSSR count). The number of hydroxylamine groups is 2. The van der Waals surface area contributed by atoms with Crippen molar-refractivity contribution in [2.75, 3.05) is 20.1 Å². The molecule has 1 fully saturated rings. The molecule has 0 aliphatic carbocycles. The van der Waals surface area contributed by atoms with Crippen molar-refractivity contribution >= 4 is 17.4 Å². The molecule has 3 aromatic rings. The van der Waals surface area contributed by atoms with Gasteiger partial charge in [-0.2, -0.15) is 0 Å². The summed E-state index contributed by atoms with van der Waals surface area (Å²) in [6.07, 6.45) is 1.71. The van der Waals surface area contributed by atoms with Gasteiger partial charge in [0.1, 0.15) is 0 Å². The van der Waals surface area contributed by atoms with Crippen molar-refractivity contribution in [1.29, 1.82) is 0 Å². The maximum Gasteiger partial charge on any atom is 0.343 e. The SMILES string of the molecule is CN(O)C(=O)N1CCC(c2nc(-c3ccccc3)c(-c3ccccc3)s2)CC1. The highest BCUT2D eigenvalue weighted by Crippen LogP contribution is 2.41. The van der Waals surface area contributed by atoms with Crippen molar-refractivity contribution in [2.24, 2.45) is 0 Å². The van der Waals surface area contributed by atoms with Crippen LogP contribution in [0.3, 0.4) is 0 Å². The standard InChI is InChI=1S/C22H23N3O2S/c1-24(27)22(26)25-14-12-18(13-15-25)21-23-19(16-8-4-2-5-9-16)20(28-21)17-10-6-3-7-11-17/h2-11,18,27H,12-15H2,1H3. The minimum absolute atomic E-state index is 0.331. The second kappa shape index (κ2) is 8.12. The number of piperidine rings is 1. The Morgan fingerprint density at radius 1 is 1.04 bits per heavy atom. The van der Waals surface area contributed by atoms with Crippen LogP contribution in [0.25, 0.3) is 21.7 Å². The van der Waals surface area contributed by atoms with Gasteiger partial charge in [0, 0.05) is 31.6 Å². The van der Waals surface area contributed by atoms with E-state index in [2.05, 4.69) is 36.4 Å². The number of hydrogen-bond donors (Lipinski definition) is 1. The number of carbonyl (C=O) groups is 1. The number of thiazole rings is 1. The predicted molar refractivity (Wildman–Crippen MR) is 111 cm³/mol. The molecule has 2 aromatic carbocycles. The molecule has 2 amide bonds. The Bertz CT molecular complexity index is 876. The zero-order chi connectivity index (χ0) is 19.5. The molecule has 1 aromatic heterocycles. The maximum absolute atomic E-state index is 12.0. The van der Waals surface area contributed by atoms with E-state index in [0.717, 1.165) is 29.1 Å². The maximum atomic E-state index is 12.0. The molecule has 1 aliphatic heterocycles. The summed E-state index contributed by atoms with van der Waals surface area (Å²) in [5.74, 6) is 0.331. The van der Waals surface area contributed by atoms with Gasteiger partial charge in [0.25, 0.3) is 0 Å². The molecular formula is C22H23N3O2S. The van der Waals surface area contributed by atoms with E-state index in [1.807, 2.05) is 24.3 Å². The van der Waals surface area contributed by atoms with E-state index in [1.165, 1.54) is 17.5 Å². The Balaban J connectivity index is 1.63. The van der Waals surface area contributed by atoms with Crippen LogP contribution in [0, 0.1) is 0 Å². The number of likely N-dealkylation sites (tertiary alicyclic amines) is 1. The van der Waals surface area contributed by atoms with E-state index in [9.17, 15) is 10.0 Å². The van der Waals surface area contributed by atoms with Crippen LogP contribution in [-0.4, -0.2) is 46.3 Å². The summed E-state index contributed by atoms with van der Waals surface area (Å²) in [5, 5.41) is 11.2. The molecule has 0 saturated carbocycles. The third-order valence-electron chi connectivity index (χ3n) is 5.12. The molecule has 0 spiro atoms. The topological polar surface area (TPSA) is 56.7 Å². The van der Waals surface area contributed by atoms with Crippen LogP contribution >= 0.6 is 11.3 Å². The van der Waals surface area contributed by atoms with Gasteiger partial charge in [0.2, 0.25) is 0 Å². The summed E-state index contributed by atoms with van der Waals surface area (Å²) >= 11 is 1.76.